The molecule has 2 N–H and O–H groups in total. The molecule has 0 aromatic carbocycles. The van der Waals surface area contributed by atoms with Crippen LogP contribution in [0.3, 0.4) is 0 Å². The van der Waals surface area contributed by atoms with E-state index < -0.39 is 0 Å². The van der Waals surface area contributed by atoms with Crippen LogP contribution in [-0.4, -0.2) is 11.4 Å². The lowest BCUT2D eigenvalue weighted by Crippen LogP contribution is -1.83. The van der Waals surface area contributed by atoms with Crippen molar-refractivity contribution in [1.29, 1.82) is 10.8 Å². The van der Waals surface area contributed by atoms with Crippen LogP contribution in [0, 0.1) is 10.8 Å². The third-order valence-corrected chi connectivity index (χ3v) is 0.583. The molecule has 2 nitrogen and oxygen atoms in total. The lowest BCUT2D eigenvalue weighted by molar-refractivity contribution is 1.48. The van der Waals surface area contributed by atoms with E-state index in [1.54, 1.807) is 26.0 Å². The molecule has 2 heteroatoms. The second-order valence-electron chi connectivity index (χ2n) is 1.70. The maximum Gasteiger partial charge on any atom is 0.0283 e. The monoisotopic (exact) mass is 110 g/mol. The van der Waals surface area contributed by atoms with Gasteiger partial charge in [-0.1, -0.05) is 0 Å². The molecule has 0 unspecified atom stereocenters. The van der Waals surface area contributed by atoms with Crippen molar-refractivity contribution in [2.75, 3.05) is 0 Å². The van der Waals surface area contributed by atoms with Gasteiger partial charge in [-0.25, -0.2) is 0 Å². The fourth-order valence-electron chi connectivity index (χ4n) is 0.250. The Morgan fingerprint density at radius 1 is 1.00 bits per heavy atom. The van der Waals surface area contributed by atoms with Crippen LogP contribution in [0.15, 0.2) is 12.2 Å². The van der Waals surface area contributed by atoms with Crippen LogP contribution in [-0.2, 0) is 0 Å². The van der Waals surface area contributed by atoms with Gasteiger partial charge in [0.05, 0.1) is 0 Å². The van der Waals surface area contributed by atoms with Gasteiger partial charge in [0, 0.05) is 11.4 Å². The molecule has 8 heavy (non-hydrogen) atoms. The fourth-order valence-corrected chi connectivity index (χ4v) is 0.250. The highest BCUT2D eigenvalue weighted by Gasteiger charge is 1.76. The largest absolute Gasteiger partial charge is 0.306 e. The molecule has 0 bridgehead atoms. The molecule has 0 radical (unpaired) electrons. The number of nitrogens with one attached hydrogen (secondary N) is 2. The first-order valence-corrected chi connectivity index (χ1v) is 2.41. The Hall–Kier alpha value is -0.920. The van der Waals surface area contributed by atoms with E-state index in [-0.39, 0.29) is 0 Å². The van der Waals surface area contributed by atoms with E-state index in [1.165, 1.54) is 0 Å². The van der Waals surface area contributed by atoms with Crippen molar-refractivity contribution in [1.82, 2.24) is 0 Å². The van der Waals surface area contributed by atoms with E-state index in [0.717, 1.165) is 0 Å². The van der Waals surface area contributed by atoms with Crippen LogP contribution < -0.4 is 0 Å². The molecule has 0 fully saturated rings. The second kappa shape index (κ2) is 3.13. The average molecular weight is 110 g/mol. The van der Waals surface area contributed by atoms with E-state index in [4.69, 9.17) is 10.8 Å². The molecular formula is C6H10N2. The van der Waals surface area contributed by atoms with Gasteiger partial charge in [0.2, 0.25) is 0 Å². The van der Waals surface area contributed by atoms with Crippen LogP contribution in [0.5, 0.6) is 0 Å². The molecule has 0 saturated heterocycles. The summed E-state index contributed by atoms with van der Waals surface area (Å²) in [7, 11) is 0. The maximum absolute atomic E-state index is 6.90. The minimum Gasteiger partial charge on any atom is -0.306 e. The van der Waals surface area contributed by atoms with Gasteiger partial charge in [-0.15, -0.1) is 0 Å². The van der Waals surface area contributed by atoms with Gasteiger partial charge in [-0.3, -0.25) is 0 Å². The quantitative estimate of drug-likeness (QED) is 0.507. The van der Waals surface area contributed by atoms with E-state index in [0.29, 0.717) is 11.4 Å². The number of hydrogen-bond acceptors (Lipinski definition) is 2. The van der Waals surface area contributed by atoms with Crippen molar-refractivity contribution < 1.29 is 0 Å². The molecule has 0 heterocycles. The SMILES string of the molecule is CC(=N)C=CC(C)=N. The molecule has 0 atom stereocenters. The smallest absolute Gasteiger partial charge is 0.0283 e. The highest BCUT2D eigenvalue weighted by Crippen LogP contribution is 1.76. The summed E-state index contributed by atoms with van der Waals surface area (Å²) in [5, 5.41) is 13.8. The minimum absolute atomic E-state index is 0.483. The zero-order chi connectivity index (χ0) is 6.57. The number of hydrogen-bond donors (Lipinski definition) is 2. The second-order valence-corrected chi connectivity index (χ2v) is 1.70. The standard InChI is InChI=1S/C6H10N2/c1-5(7)3-4-6(2)8/h3-4,7-8H,1-2H3. The predicted octanol–water partition coefficient (Wildman–Crippen LogP) is 1.62. The first-order valence-electron chi connectivity index (χ1n) is 2.41. The molecule has 0 aliphatic rings. The Morgan fingerprint density at radius 2 is 1.25 bits per heavy atom. The first-order chi connectivity index (χ1) is 3.63. The summed E-state index contributed by atoms with van der Waals surface area (Å²) in [6, 6.07) is 0. The van der Waals surface area contributed by atoms with Gasteiger partial charge in [-0.2, -0.15) is 0 Å². The van der Waals surface area contributed by atoms with Crippen LogP contribution in [0.4, 0.5) is 0 Å². The van der Waals surface area contributed by atoms with Crippen molar-refractivity contribution in [3.63, 3.8) is 0 Å². The van der Waals surface area contributed by atoms with E-state index in [2.05, 4.69) is 0 Å². The van der Waals surface area contributed by atoms with E-state index in [1.807, 2.05) is 0 Å². The summed E-state index contributed by atoms with van der Waals surface area (Å²) < 4.78 is 0. The molecule has 0 spiro atoms. The van der Waals surface area contributed by atoms with Crippen LogP contribution in [0.2, 0.25) is 0 Å². The van der Waals surface area contributed by atoms with Gasteiger partial charge in [-0.05, 0) is 26.0 Å². The number of allylic oxidation sites excluding steroid dienone is 2. The van der Waals surface area contributed by atoms with Crippen molar-refractivity contribution in [3.05, 3.63) is 12.2 Å². The average Bonchev–Trinajstić information content (AvgIpc) is 1.61. The molecule has 44 valence electrons. The maximum atomic E-state index is 6.90. The zero-order valence-corrected chi connectivity index (χ0v) is 5.15. The van der Waals surface area contributed by atoms with E-state index >= 15 is 0 Å². The molecule has 0 aliphatic heterocycles. The third kappa shape index (κ3) is 5.08. The minimum atomic E-state index is 0.483. The van der Waals surface area contributed by atoms with Gasteiger partial charge in [0.1, 0.15) is 0 Å². The van der Waals surface area contributed by atoms with Crippen molar-refractivity contribution in [2.24, 2.45) is 0 Å². The van der Waals surface area contributed by atoms with Gasteiger partial charge >= 0.3 is 0 Å². The summed E-state index contributed by atoms with van der Waals surface area (Å²) in [5.41, 5.74) is 0.966. The Kier molecular flexibility index (Phi) is 2.77. The lowest BCUT2D eigenvalue weighted by Gasteiger charge is -1.81. The molecule has 0 saturated carbocycles. The lowest BCUT2D eigenvalue weighted by atomic mass is 10.3. The topological polar surface area (TPSA) is 47.7 Å². The predicted molar refractivity (Wildman–Crippen MR) is 35.9 cm³/mol. The molecule has 0 amide bonds. The van der Waals surface area contributed by atoms with Crippen molar-refractivity contribution >= 4 is 11.4 Å². The molecule has 0 aliphatic carbocycles. The molecule has 0 aromatic heterocycles. The van der Waals surface area contributed by atoms with Crippen LogP contribution in [0.25, 0.3) is 0 Å². The van der Waals surface area contributed by atoms with Crippen molar-refractivity contribution in [3.8, 4) is 0 Å². The summed E-state index contributed by atoms with van der Waals surface area (Å²) in [6.45, 7) is 3.36. The molecule has 0 aromatic rings. The normalized spacial score (nSPS) is 9.75. The van der Waals surface area contributed by atoms with Crippen LogP contribution >= 0.6 is 0 Å². The molecule has 0 rings (SSSR count). The molecular weight excluding hydrogens is 100 g/mol. The Balaban J connectivity index is 3.67. The summed E-state index contributed by atoms with van der Waals surface area (Å²) in [4.78, 5) is 0. The fraction of sp³-hybridized carbons (Fsp3) is 0.333. The highest BCUT2D eigenvalue weighted by molar-refractivity contribution is 5.98. The van der Waals surface area contributed by atoms with Gasteiger partial charge in [0.15, 0.2) is 0 Å². The zero-order valence-electron chi connectivity index (χ0n) is 5.15. The summed E-state index contributed by atoms with van der Waals surface area (Å²) in [5.74, 6) is 0. The van der Waals surface area contributed by atoms with Crippen molar-refractivity contribution in [2.45, 2.75) is 13.8 Å². The van der Waals surface area contributed by atoms with Gasteiger partial charge < -0.3 is 10.8 Å². The number of rotatable bonds is 2. The van der Waals surface area contributed by atoms with E-state index in [9.17, 15) is 0 Å². The summed E-state index contributed by atoms with van der Waals surface area (Å²) >= 11 is 0. The third-order valence-electron chi connectivity index (χ3n) is 0.583. The Morgan fingerprint density at radius 3 is 1.38 bits per heavy atom. The van der Waals surface area contributed by atoms with Crippen LogP contribution in [0.1, 0.15) is 13.8 Å². The highest BCUT2D eigenvalue weighted by atomic mass is 14.4. The first kappa shape index (κ1) is 7.08. The summed E-state index contributed by atoms with van der Waals surface area (Å²) in [6.07, 6.45) is 3.20. The Bertz CT molecular complexity index is 117. The van der Waals surface area contributed by atoms with Gasteiger partial charge in [0.25, 0.3) is 0 Å². The Labute approximate surface area is 49.2 Å².